The van der Waals surface area contributed by atoms with E-state index in [0.717, 1.165) is 12.8 Å². The van der Waals surface area contributed by atoms with E-state index in [4.69, 9.17) is 0 Å². The minimum Gasteiger partial charge on any atom is -0.396 e. The van der Waals surface area contributed by atoms with Crippen molar-refractivity contribution in [2.45, 2.75) is 33.6 Å². The average molecular weight is 291 g/mol. The molecule has 0 aromatic carbocycles. The van der Waals surface area contributed by atoms with E-state index < -0.39 is 0 Å². The maximum atomic E-state index is 12.3. The molecule has 0 bridgehead atoms. The summed E-state index contributed by atoms with van der Waals surface area (Å²) in [6, 6.07) is 0. The number of amides is 1. The van der Waals surface area contributed by atoms with Gasteiger partial charge in [-0.2, -0.15) is 10.1 Å². The zero-order chi connectivity index (χ0) is 15.5. The van der Waals surface area contributed by atoms with E-state index in [2.05, 4.69) is 20.4 Å². The number of carbonyl (C=O) groups excluding carboxylic acids is 1. The molecule has 1 amide bonds. The fraction of sp³-hybridized carbons (Fsp3) is 0.571. The fourth-order valence-corrected chi connectivity index (χ4v) is 2.26. The summed E-state index contributed by atoms with van der Waals surface area (Å²) in [6.45, 7) is 6.32. The number of aliphatic hydroxyl groups excluding tert-OH is 1. The normalized spacial score (nSPS) is 11.8. The summed E-state index contributed by atoms with van der Waals surface area (Å²) in [7, 11) is 0. The molecule has 2 rings (SSSR count). The molecular weight excluding hydrogens is 270 g/mol. The van der Waals surface area contributed by atoms with Crippen molar-refractivity contribution in [3.05, 3.63) is 23.8 Å². The predicted molar refractivity (Wildman–Crippen MR) is 78.0 cm³/mol. The smallest absolute Gasteiger partial charge is 0.254 e. The van der Waals surface area contributed by atoms with Gasteiger partial charge in [-0.1, -0.05) is 13.8 Å². The van der Waals surface area contributed by atoms with Crippen molar-refractivity contribution in [2.75, 3.05) is 13.2 Å². The number of aryl methyl sites for hydroxylation is 1. The van der Waals surface area contributed by atoms with Crippen LogP contribution in [0.15, 0.2) is 12.5 Å². The van der Waals surface area contributed by atoms with Crippen molar-refractivity contribution in [1.29, 1.82) is 0 Å². The van der Waals surface area contributed by atoms with Gasteiger partial charge in [0.25, 0.3) is 11.7 Å². The van der Waals surface area contributed by atoms with Crippen LogP contribution in [0.4, 0.5) is 0 Å². The molecule has 0 fully saturated rings. The Labute approximate surface area is 123 Å². The number of rotatable bonds is 6. The van der Waals surface area contributed by atoms with Gasteiger partial charge >= 0.3 is 0 Å². The Morgan fingerprint density at radius 3 is 2.71 bits per heavy atom. The van der Waals surface area contributed by atoms with Crippen LogP contribution in [0.25, 0.3) is 5.78 Å². The molecule has 0 unspecified atom stereocenters. The molecule has 2 aromatic rings. The summed E-state index contributed by atoms with van der Waals surface area (Å²) in [4.78, 5) is 20.4. The van der Waals surface area contributed by atoms with Gasteiger partial charge in [0, 0.05) is 18.2 Å². The fourth-order valence-electron chi connectivity index (χ4n) is 2.26. The number of nitrogens with one attached hydrogen (secondary N) is 1. The van der Waals surface area contributed by atoms with E-state index in [1.165, 1.54) is 17.0 Å². The van der Waals surface area contributed by atoms with E-state index in [0.29, 0.717) is 23.6 Å². The molecule has 0 saturated carbocycles. The van der Waals surface area contributed by atoms with Crippen LogP contribution in [0.3, 0.4) is 0 Å². The van der Waals surface area contributed by atoms with E-state index in [1.807, 2.05) is 13.8 Å². The predicted octanol–water partition coefficient (Wildman–Crippen LogP) is 0.961. The first-order valence-corrected chi connectivity index (χ1v) is 7.11. The van der Waals surface area contributed by atoms with Gasteiger partial charge in [-0.3, -0.25) is 4.79 Å². The molecule has 114 valence electrons. The van der Waals surface area contributed by atoms with Crippen molar-refractivity contribution < 1.29 is 9.90 Å². The van der Waals surface area contributed by atoms with Gasteiger partial charge in [0.15, 0.2) is 0 Å². The average Bonchev–Trinajstić information content (AvgIpc) is 2.99. The Balaban J connectivity index is 2.17. The number of carbonyl (C=O) groups is 1. The highest BCUT2D eigenvalue weighted by molar-refractivity contribution is 5.95. The van der Waals surface area contributed by atoms with Crippen LogP contribution in [0, 0.1) is 12.3 Å². The lowest BCUT2D eigenvalue weighted by Crippen LogP contribution is -2.39. The maximum absolute atomic E-state index is 12.3. The minimum atomic E-state index is -0.269. The number of fused-ring (bicyclic) bond motifs is 1. The highest BCUT2D eigenvalue weighted by Crippen LogP contribution is 2.24. The molecule has 2 heterocycles. The first-order valence-electron chi connectivity index (χ1n) is 7.11. The molecule has 0 spiro atoms. The van der Waals surface area contributed by atoms with Gasteiger partial charge in [0.2, 0.25) is 0 Å². The van der Waals surface area contributed by atoms with Crippen molar-refractivity contribution in [3.8, 4) is 0 Å². The standard InChI is InChI=1S/C14H21N5O2/c1-4-14(5-2,8-20)7-16-12(21)11-6-15-13-17-9-18-19(13)10(11)3/h6,9,20H,4-5,7-8H2,1-3H3,(H,16,21). The van der Waals surface area contributed by atoms with E-state index in [1.54, 1.807) is 6.92 Å². The molecular formula is C14H21N5O2. The van der Waals surface area contributed by atoms with Gasteiger partial charge in [0.05, 0.1) is 17.9 Å². The van der Waals surface area contributed by atoms with Crippen molar-refractivity contribution in [2.24, 2.45) is 5.41 Å². The number of aromatic nitrogens is 4. The first-order chi connectivity index (χ1) is 10.1. The number of hydrogen-bond acceptors (Lipinski definition) is 5. The van der Waals surface area contributed by atoms with Crippen molar-refractivity contribution >= 4 is 11.7 Å². The zero-order valence-electron chi connectivity index (χ0n) is 12.6. The first kappa shape index (κ1) is 15.4. The Morgan fingerprint density at radius 2 is 2.10 bits per heavy atom. The third-order valence-corrected chi connectivity index (χ3v) is 4.25. The van der Waals surface area contributed by atoms with Crippen LogP contribution >= 0.6 is 0 Å². The molecule has 0 radical (unpaired) electrons. The quantitative estimate of drug-likeness (QED) is 0.827. The van der Waals surface area contributed by atoms with Crippen LogP contribution in [-0.2, 0) is 0 Å². The largest absolute Gasteiger partial charge is 0.396 e. The Kier molecular flexibility index (Phi) is 4.52. The monoisotopic (exact) mass is 291 g/mol. The van der Waals surface area contributed by atoms with Crippen LogP contribution < -0.4 is 5.32 Å². The Hall–Kier alpha value is -2.02. The highest BCUT2D eigenvalue weighted by atomic mass is 16.3. The molecule has 0 saturated heterocycles. The molecule has 21 heavy (non-hydrogen) atoms. The van der Waals surface area contributed by atoms with Gasteiger partial charge < -0.3 is 10.4 Å². The van der Waals surface area contributed by atoms with Crippen molar-refractivity contribution in [3.63, 3.8) is 0 Å². The number of hydrogen-bond donors (Lipinski definition) is 2. The van der Waals surface area contributed by atoms with E-state index >= 15 is 0 Å². The van der Waals surface area contributed by atoms with Crippen LogP contribution in [-0.4, -0.2) is 43.7 Å². The summed E-state index contributed by atoms with van der Waals surface area (Å²) >= 11 is 0. The van der Waals surface area contributed by atoms with E-state index in [9.17, 15) is 9.90 Å². The topological polar surface area (TPSA) is 92.4 Å². The van der Waals surface area contributed by atoms with Gasteiger partial charge in [-0.15, -0.1) is 0 Å². The lowest BCUT2D eigenvalue weighted by atomic mass is 9.83. The van der Waals surface area contributed by atoms with Crippen LogP contribution in [0.1, 0.15) is 42.7 Å². The SMILES string of the molecule is CCC(CC)(CO)CNC(=O)c1cnc2ncnn2c1C. The Bertz CT molecular complexity index is 625. The second-order valence-electron chi connectivity index (χ2n) is 5.28. The maximum Gasteiger partial charge on any atom is 0.254 e. The molecule has 2 N–H and O–H groups in total. The van der Waals surface area contributed by atoms with Crippen LogP contribution in [0.5, 0.6) is 0 Å². The summed E-state index contributed by atoms with van der Waals surface area (Å²) in [6.07, 6.45) is 4.52. The van der Waals surface area contributed by atoms with E-state index in [-0.39, 0.29) is 17.9 Å². The highest BCUT2D eigenvalue weighted by Gasteiger charge is 2.26. The summed E-state index contributed by atoms with van der Waals surface area (Å²) < 4.78 is 1.54. The Morgan fingerprint density at radius 1 is 1.38 bits per heavy atom. The second kappa shape index (κ2) is 6.17. The van der Waals surface area contributed by atoms with Gasteiger partial charge in [-0.25, -0.2) is 9.50 Å². The third kappa shape index (κ3) is 2.87. The lowest BCUT2D eigenvalue weighted by Gasteiger charge is -2.29. The third-order valence-electron chi connectivity index (χ3n) is 4.25. The second-order valence-corrected chi connectivity index (χ2v) is 5.28. The van der Waals surface area contributed by atoms with Crippen LogP contribution in [0.2, 0.25) is 0 Å². The molecule has 2 aromatic heterocycles. The van der Waals surface area contributed by atoms with Gasteiger partial charge in [0.1, 0.15) is 6.33 Å². The molecule has 0 aliphatic rings. The molecule has 7 heteroatoms. The molecule has 0 aliphatic heterocycles. The van der Waals surface area contributed by atoms with Crippen molar-refractivity contribution in [1.82, 2.24) is 24.9 Å². The minimum absolute atomic E-state index is 0.0552. The molecule has 0 atom stereocenters. The van der Waals surface area contributed by atoms with Gasteiger partial charge in [-0.05, 0) is 19.8 Å². The molecule has 0 aliphatic carbocycles. The summed E-state index contributed by atoms with van der Waals surface area (Å²) in [5.74, 6) is 0.257. The number of aliphatic hydroxyl groups is 1. The summed E-state index contributed by atoms with van der Waals surface area (Å²) in [5.41, 5.74) is 0.888. The zero-order valence-corrected chi connectivity index (χ0v) is 12.6. The lowest BCUT2D eigenvalue weighted by molar-refractivity contribution is 0.0849. The number of nitrogens with zero attached hydrogens (tertiary/aromatic N) is 4. The summed E-state index contributed by atoms with van der Waals surface area (Å²) in [5, 5.41) is 16.5. The molecule has 7 nitrogen and oxygen atoms in total.